The third-order valence-corrected chi connectivity index (χ3v) is 0. The van der Waals surface area contributed by atoms with Gasteiger partial charge in [-0.3, -0.25) is 9.41 Å². The van der Waals surface area contributed by atoms with Crippen LogP contribution in [0.3, 0.4) is 0 Å². The summed E-state index contributed by atoms with van der Waals surface area (Å²) in [6.07, 6.45) is 0. The second-order valence-corrected chi connectivity index (χ2v) is 0. The molecular weight excluding hydrogens is 184 g/mol. The summed E-state index contributed by atoms with van der Waals surface area (Å²) in [6.45, 7) is 0. The van der Waals surface area contributed by atoms with Crippen LogP contribution >= 0.6 is 0 Å². The fourth-order valence-corrected chi connectivity index (χ4v) is 0. The minimum atomic E-state index is 0. The average Bonchev–Trinajstić information content (AvgIpc) is 1.00. The second-order valence-electron chi connectivity index (χ2n) is 0. The van der Waals surface area contributed by atoms with Gasteiger partial charge >= 0.3 is 20.0 Å². The number of rotatable bonds is 0. The van der Waals surface area contributed by atoms with Crippen molar-refractivity contribution in [2.24, 2.45) is 0 Å². The van der Waals surface area contributed by atoms with E-state index in [4.69, 9.17) is 3.80 Å². The summed E-state index contributed by atoms with van der Waals surface area (Å²) in [5.41, 5.74) is 0. The zero-order valence-corrected chi connectivity index (χ0v) is 6.69. The van der Waals surface area contributed by atoms with Gasteiger partial charge in [0.15, 0.2) is 0 Å². The Morgan fingerprint density at radius 3 is 0.800 bits per heavy atom. The van der Waals surface area contributed by atoms with Crippen molar-refractivity contribution in [3.63, 3.8) is 0 Å². The van der Waals surface area contributed by atoms with E-state index < -0.39 is 0 Å². The van der Waals surface area contributed by atoms with Crippen LogP contribution in [0, 0.1) is 0 Å². The summed E-state index contributed by atoms with van der Waals surface area (Å²) in [7, 11) is 0. The second kappa shape index (κ2) is 2200. The molecule has 0 fully saturated rings. The minimum absolute atomic E-state index is 0. The Hall–Kier alpha value is 0.565. The van der Waals surface area contributed by atoms with Crippen molar-refractivity contribution in [3.8, 4) is 0 Å². The summed E-state index contributed by atoms with van der Waals surface area (Å²) in [4.78, 5) is 0. The number of halogens is 2. The number of hydrogen-bond donors (Lipinski definition) is 0. The maximum absolute atomic E-state index is 8.17. The molecule has 0 saturated heterocycles. The Balaban J connectivity index is -0.000000000139. The summed E-state index contributed by atoms with van der Waals surface area (Å²) in [5, 5.41) is 0. The van der Waals surface area contributed by atoms with Crippen LogP contribution in [-0.4, -0.2) is 55.5 Å². The molecular formula is CH16Al2F2O5. The van der Waals surface area contributed by atoms with Gasteiger partial charge in [0.05, 0.1) is 0 Å². The molecule has 0 spiro atoms. The van der Waals surface area contributed by atoms with Gasteiger partial charge in [0.25, 0.3) is 0 Å². The molecule has 0 aromatic carbocycles. The molecule has 0 amide bonds. The van der Waals surface area contributed by atoms with E-state index in [9.17, 15) is 0 Å². The average molecular weight is 201 g/mol. The first-order chi connectivity index (χ1) is 1.00. The van der Waals surface area contributed by atoms with Crippen molar-refractivity contribution in [2.75, 3.05) is 0 Å². The van der Waals surface area contributed by atoms with Crippen LogP contribution in [0.25, 0.3) is 0 Å². The van der Waals surface area contributed by atoms with Gasteiger partial charge in [-0.25, -0.2) is 0 Å². The molecule has 0 atom stereocenters. The van der Waals surface area contributed by atoms with E-state index >= 15 is 0 Å². The van der Waals surface area contributed by atoms with E-state index in [1.807, 2.05) is 0 Å². The summed E-state index contributed by atoms with van der Waals surface area (Å²) >= 11 is 1.17. The van der Waals surface area contributed by atoms with Gasteiger partial charge in [-0.05, 0) is 0 Å². The molecule has 10 heavy (non-hydrogen) atoms. The van der Waals surface area contributed by atoms with E-state index in [0.717, 1.165) is 0 Å². The van der Waals surface area contributed by atoms with Crippen molar-refractivity contribution >= 4 is 33.6 Å². The van der Waals surface area contributed by atoms with Gasteiger partial charge in [-0.2, -0.15) is 0 Å². The molecule has 0 aromatic rings. The zero-order chi connectivity index (χ0) is 2.00. The molecule has 0 rings (SSSR count). The van der Waals surface area contributed by atoms with E-state index in [0.29, 0.717) is 0 Å². The van der Waals surface area contributed by atoms with Crippen LogP contribution in [0.4, 0.5) is 9.41 Å². The van der Waals surface area contributed by atoms with Crippen LogP contribution < -0.4 is 0 Å². The Kier molecular flexibility index (Phi) is 86800. The number of hydrogen-bond acceptors (Lipinski definition) is 1. The van der Waals surface area contributed by atoms with Crippen molar-refractivity contribution in [1.82, 2.24) is 0 Å². The standard InChI is InChI=1S/CH4.2Al.2FH.4H2O.O.H2/h1H4;;;2*1H;4*1H2;;1H/i;;;;;;;;;;1+1. The topological polar surface area (TPSA) is 143 Å². The Morgan fingerprint density at radius 1 is 0.800 bits per heavy atom. The van der Waals surface area contributed by atoms with Gasteiger partial charge in [-0.1, -0.05) is 7.43 Å². The summed E-state index contributed by atoms with van der Waals surface area (Å²) < 4.78 is 8.17. The van der Waals surface area contributed by atoms with Gasteiger partial charge in [0, 0.05) is 18.8 Å². The van der Waals surface area contributed by atoms with E-state index in [1.165, 1.54) is 16.2 Å². The summed E-state index contributed by atoms with van der Waals surface area (Å²) in [5.74, 6) is 0. The molecule has 4 radical (unpaired) electrons. The van der Waals surface area contributed by atoms with Gasteiger partial charge in [-0.15, -0.1) is 0 Å². The first kappa shape index (κ1) is 395. The molecule has 0 unspecified atom stereocenters. The van der Waals surface area contributed by atoms with Gasteiger partial charge in [0.1, 0.15) is 0 Å². The Bertz CT molecular complexity index is 22.4. The van der Waals surface area contributed by atoms with Crippen LogP contribution in [-0.2, 0) is 3.80 Å². The molecule has 0 aliphatic carbocycles. The molecule has 0 saturated carbocycles. The molecule has 8 N–H and O–H groups in total. The zero-order valence-electron chi connectivity index (χ0n) is 4.38. The van der Waals surface area contributed by atoms with Crippen molar-refractivity contribution < 1.29 is 36.5 Å². The van der Waals surface area contributed by atoms with Crippen molar-refractivity contribution in [1.29, 1.82) is 0 Å². The van der Waals surface area contributed by atoms with Gasteiger partial charge in [0.2, 0.25) is 0 Å². The van der Waals surface area contributed by atoms with Crippen molar-refractivity contribution in [2.45, 2.75) is 7.43 Å². The molecule has 0 heterocycles. The fraction of sp³-hybridized carbons (Fsp3) is 1.00. The van der Waals surface area contributed by atoms with Gasteiger partial charge < -0.3 is 21.9 Å². The van der Waals surface area contributed by atoms with Crippen LogP contribution in [0.5, 0.6) is 0 Å². The first-order valence-electron chi connectivity index (χ1n) is 0.236. The van der Waals surface area contributed by atoms with Crippen LogP contribution in [0.1, 0.15) is 8.85 Å². The monoisotopic (exact) mass is 201 g/mol. The van der Waals surface area contributed by atoms with E-state index in [2.05, 4.69) is 0 Å². The Morgan fingerprint density at radius 2 is 0.800 bits per heavy atom. The first-order valence-corrected chi connectivity index (χ1v) is 0.707. The quantitative estimate of drug-likeness (QED) is 0.378. The van der Waals surface area contributed by atoms with Crippen molar-refractivity contribution in [3.05, 3.63) is 0 Å². The molecule has 0 bridgehead atoms. The Labute approximate surface area is 78.0 Å². The predicted molar refractivity (Wildman–Crippen MR) is 40.5 cm³/mol. The molecule has 9 heteroatoms. The maximum atomic E-state index is 8.17. The fourth-order valence-electron chi connectivity index (χ4n) is 0. The SMILES string of the molecule is C.F.F.O.O.O.O.[2HH].[Al].[O]=[Al]. The van der Waals surface area contributed by atoms with E-state index in [-0.39, 0.29) is 57.5 Å². The van der Waals surface area contributed by atoms with Crippen LogP contribution in [0.15, 0.2) is 0 Å². The third kappa shape index (κ3) is 1540. The van der Waals surface area contributed by atoms with Crippen LogP contribution in [0.2, 0.25) is 0 Å². The van der Waals surface area contributed by atoms with E-state index in [1.54, 1.807) is 0 Å². The molecule has 0 aliphatic heterocycles. The third-order valence-electron chi connectivity index (χ3n) is 0. The molecule has 0 aromatic heterocycles. The molecule has 70 valence electrons. The normalized spacial score (nSPS) is 0.300. The molecule has 0 aliphatic rings. The predicted octanol–water partition coefficient (Wildman–Crippen LogP) is -2.99. The molecule has 5 nitrogen and oxygen atoms in total. The summed E-state index contributed by atoms with van der Waals surface area (Å²) in [6, 6.07) is 0.